The third-order valence-corrected chi connectivity index (χ3v) is 3.05. The molecule has 0 bridgehead atoms. The zero-order valence-corrected chi connectivity index (χ0v) is 11.5. The van der Waals surface area contributed by atoms with Crippen LogP contribution in [0.25, 0.3) is 0 Å². The van der Waals surface area contributed by atoms with Gasteiger partial charge in [0, 0.05) is 19.4 Å². The van der Waals surface area contributed by atoms with Crippen molar-refractivity contribution < 1.29 is 19.4 Å². The number of unbranched alkanes of at least 4 members (excludes halogenated alkanes) is 4. The van der Waals surface area contributed by atoms with Crippen LogP contribution in [0.2, 0.25) is 0 Å². The summed E-state index contributed by atoms with van der Waals surface area (Å²) < 4.78 is 10.9. The maximum Gasteiger partial charge on any atom is 0.303 e. The molecule has 0 aliphatic carbocycles. The monoisotopic (exact) mass is 268 g/mol. The number of carboxylic acid groups (broad SMARTS) is 1. The lowest BCUT2D eigenvalue weighted by molar-refractivity contribution is -0.154. The number of carbonyl (C=O) groups is 1. The minimum Gasteiger partial charge on any atom is -0.481 e. The molecular weight excluding hydrogens is 244 g/mol. The average Bonchev–Trinajstić information content (AvgIpc) is 2.42. The molecule has 19 heavy (non-hydrogen) atoms. The van der Waals surface area contributed by atoms with Crippen molar-refractivity contribution in [1.82, 2.24) is 0 Å². The first kappa shape index (κ1) is 16.0. The molecule has 1 aliphatic rings. The highest BCUT2D eigenvalue weighted by Gasteiger charge is 2.12. The molecule has 108 valence electrons. The molecule has 0 aromatic rings. The highest BCUT2D eigenvalue weighted by atomic mass is 16.7. The summed E-state index contributed by atoms with van der Waals surface area (Å²) >= 11 is 0. The van der Waals surface area contributed by atoms with Gasteiger partial charge in [-0.3, -0.25) is 4.79 Å². The van der Waals surface area contributed by atoms with Gasteiger partial charge >= 0.3 is 5.97 Å². The number of hydrogen-bond acceptors (Lipinski definition) is 3. The fraction of sp³-hybridized carbons (Fsp3) is 0.800. The minimum absolute atomic E-state index is 0.0564. The number of rotatable bonds is 8. The molecule has 0 aromatic carbocycles. The summed E-state index contributed by atoms with van der Waals surface area (Å²) in [6.45, 7) is 1.25. The van der Waals surface area contributed by atoms with E-state index in [0.717, 1.165) is 51.6 Å². The normalized spacial score (nSPS) is 18.6. The summed E-state index contributed by atoms with van der Waals surface area (Å²) in [6, 6.07) is 0. The Bertz CT molecular complexity index is 297. The van der Waals surface area contributed by atoms with Gasteiger partial charge in [-0.05, 0) is 32.1 Å². The first-order valence-electron chi connectivity index (χ1n) is 7.20. The second-order valence-corrected chi connectivity index (χ2v) is 4.77. The lowest BCUT2D eigenvalue weighted by Gasteiger charge is -2.21. The van der Waals surface area contributed by atoms with E-state index in [1.807, 2.05) is 0 Å². The number of ether oxygens (including phenoxy) is 2. The number of aliphatic carboxylic acids is 1. The Balaban J connectivity index is 1.86. The Morgan fingerprint density at radius 3 is 2.79 bits per heavy atom. The van der Waals surface area contributed by atoms with Crippen LogP contribution in [0.15, 0.2) is 0 Å². The van der Waals surface area contributed by atoms with E-state index in [4.69, 9.17) is 14.6 Å². The Morgan fingerprint density at radius 1 is 1.21 bits per heavy atom. The Hall–Kier alpha value is -1.05. The highest BCUT2D eigenvalue weighted by molar-refractivity contribution is 5.66. The fourth-order valence-electron chi connectivity index (χ4n) is 1.96. The number of carboxylic acids is 1. The molecule has 0 saturated carbocycles. The van der Waals surface area contributed by atoms with Gasteiger partial charge in [-0.25, -0.2) is 0 Å². The van der Waals surface area contributed by atoms with Crippen LogP contribution in [-0.4, -0.2) is 30.6 Å². The number of hydrogen-bond donors (Lipinski definition) is 1. The molecule has 1 fully saturated rings. The van der Waals surface area contributed by atoms with Crippen LogP contribution in [0.5, 0.6) is 0 Å². The molecule has 0 spiro atoms. The van der Waals surface area contributed by atoms with E-state index in [1.54, 1.807) is 0 Å². The Kier molecular flexibility index (Phi) is 9.13. The van der Waals surface area contributed by atoms with E-state index in [-0.39, 0.29) is 12.7 Å². The van der Waals surface area contributed by atoms with Crippen molar-refractivity contribution >= 4 is 5.97 Å². The second-order valence-electron chi connectivity index (χ2n) is 4.77. The minimum atomic E-state index is -0.707. The fourth-order valence-corrected chi connectivity index (χ4v) is 1.96. The molecule has 0 amide bonds. The van der Waals surface area contributed by atoms with E-state index >= 15 is 0 Å². The zero-order valence-electron chi connectivity index (χ0n) is 11.5. The van der Waals surface area contributed by atoms with Crippen molar-refractivity contribution in [3.63, 3.8) is 0 Å². The maximum absolute atomic E-state index is 10.3. The summed E-state index contributed by atoms with van der Waals surface area (Å²) in [4.78, 5) is 10.3. The molecule has 1 saturated heterocycles. The molecule has 1 rings (SSSR count). The van der Waals surface area contributed by atoms with Crippen LogP contribution in [0.3, 0.4) is 0 Å². The van der Waals surface area contributed by atoms with Gasteiger partial charge in [0.15, 0.2) is 6.29 Å². The van der Waals surface area contributed by atoms with Gasteiger partial charge < -0.3 is 14.6 Å². The van der Waals surface area contributed by atoms with Gasteiger partial charge in [0.25, 0.3) is 0 Å². The van der Waals surface area contributed by atoms with Gasteiger partial charge in [0.05, 0.1) is 0 Å². The Labute approximate surface area is 115 Å². The first-order chi connectivity index (χ1) is 9.29. The van der Waals surface area contributed by atoms with E-state index in [1.165, 1.54) is 6.42 Å². The molecular formula is C15H24O4. The summed E-state index contributed by atoms with van der Waals surface area (Å²) in [6.07, 6.45) is 8.20. The average molecular weight is 268 g/mol. The van der Waals surface area contributed by atoms with Crippen LogP contribution in [0.4, 0.5) is 0 Å². The first-order valence-corrected chi connectivity index (χ1v) is 7.20. The maximum atomic E-state index is 10.3. The molecule has 4 heteroatoms. The summed E-state index contributed by atoms with van der Waals surface area (Å²) in [5, 5.41) is 8.47. The summed E-state index contributed by atoms with van der Waals surface area (Å²) in [5.41, 5.74) is 0. The van der Waals surface area contributed by atoms with Crippen LogP contribution in [0, 0.1) is 11.8 Å². The van der Waals surface area contributed by atoms with Gasteiger partial charge in [-0.1, -0.05) is 18.8 Å². The van der Waals surface area contributed by atoms with E-state index in [0.29, 0.717) is 6.61 Å². The van der Waals surface area contributed by atoms with E-state index < -0.39 is 5.97 Å². The SMILES string of the molecule is O=C(O)CCCCCCC#CCO[C@@H]1CCCCO1. The molecule has 1 atom stereocenters. The summed E-state index contributed by atoms with van der Waals surface area (Å²) in [7, 11) is 0. The van der Waals surface area contributed by atoms with Gasteiger partial charge in [0.2, 0.25) is 0 Å². The van der Waals surface area contributed by atoms with Gasteiger partial charge in [-0.15, -0.1) is 5.92 Å². The molecule has 1 aliphatic heterocycles. The summed E-state index contributed by atoms with van der Waals surface area (Å²) in [5.74, 6) is 5.37. The van der Waals surface area contributed by atoms with Crippen molar-refractivity contribution in [2.24, 2.45) is 0 Å². The van der Waals surface area contributed by atoms with Gasteiger partial charge in [-0.2, -0.15) is 0 Å². The smallest absolute Gasteiger partial charge is 0.303 e. The second kappa shape index (κ2) is 10.8. The quantitative estimate of drug-likeness (QED) is 0.543. The Morgan fingerprint density at radius 2 is 2.05 bits per heavy atom. The zero-order chi connectivity index (χ0) is 13.8. The van der Waals surface area contributed by atoms with Gasteiger partial charge in [0.1, 0.15) is 6.61 Å². The van der Waals surface area contributed by atoms with Crippen LogP contribution in [0.1, 0.15) is 57.8 Å². The largest absolute Gasteiger partial charge is 0.481 e. The molecule has 1 N–H and O–H groups in total. The van der Waals surface area contributed by atoms with Crippen molar-refractivity contribution in [2.75, 3.05) is 13.2 Å². The van der Waals surface area contributed by atoms with Crippen molar-refractivity contribution in [3.05, 3.63) is 0 Å². The molecule has 4 nitrogen and oxygen atoms in total. The predicted molar refractivity (Wildman–Crippen MR) is 72.7 cm³/mol. The molecule has 0 unspecified atom stereocenters. The standard InChI is InChI=1S/C15H24O4/c16-14(17)10-6-4-2-1-3-5-8-12-18-15-11-7-9-13-19-15/h15H,1-4,6-7,9-13H2,(H,16,17)/t15-/m0/s1. The van der Waals surface area contributed by atoms with Crippen molar-refractivity contribution in [2.45, 2.75) is 64.1 Å². The lowest BCUT2D eigenvalue weighted by atomic mass is 10.1. The highest BCUT2D eigenvalue weighted by Crippen LogP contribution is 2.13. The molecule has 1 heterocycles. The van der Waals surface area contributed by atoms with Crippen molar-refractivity contribution in [3.8, 4) is 11.8 Å². The third-order valence-electron chi connectivity index (χ3n) is 3.05. The predicted octanol–water partition coefficient (Wildman–Crippen LogP) is 2.96. The lowest BCUT2D eigenvalue weighted by Crippen LogP contribution is -2.22. The van der Waals surface area contributed by atoms with Crippen LogP contribution < -0.4 is 0 Å². The van der Waals surface area contributed by atoms with E-state index in [2.05, 4.69) is 11.8 Å². The topological polar surface area (TPSA) is 55.8 Å². The molecule has 0 aromatic heterocycles. The third kappa shape index (κ3) is 9.52. The van der Waals surface area contributed by atoms with Crippen molar-refractivity contribution in [1.29, 1.82) is 0 Å². The van der Waals surface area contributed by atoms with E-state index in [9.17, 15) is 4.79 Å². The van der Waals surface area contributed by atoms with Crippen LogP contribution in [-0.2, 0) is 14.3 Å². The molecule has 0 radical (unpaired) electrons. The van der Waals surface area contributed by atoms with Crippen LogP contribution >= 0.6 is 0 Å².